The molecule has 0 radical (unpaired) electrons. The Morgan fingerprint density at radius 1 is 1.19 bits per heavy atom. The number of piperidine rings is 1. The van der Waals surface area contributed by atoms with Crippen LogP contribution in [0.4, 0.5) is 0 Å². The summed E-state index contributed by atoms with van der Waals surface area (Å²) in [6.07, 6.45) is 3.53. The molecule has 2 aromatic carbocycles. The van der Waals surface area contributed by atoms with Gasteiger partial charge >= 0.3 is 5.97 Å². The Labute approximate surface area is 195 Å². The van der Waals surface area contributed by atoms with Gasteiger partial charge in [-0.1, -0.05) is 18.0 Å². The van der Waals surface area contributed by atoms with E-state index in [1.54, 1.807) is 6.92 Å². The molecule has 1 aliphatic heterocycles. The van der Waals surface area contributed by atoms with Crippen LogP contribution >= 0.6 is 27.5 Å². The number of benzene rings is 2. The monoisotopic (exact) mass is 504 g/mol. The molecule has 1 fully saturated rings. The Kier molecular flexibility index (Phi) is 6.60. The van der Waals surface area contributed by atoms with Gasteiger partial charge in [0.25, 0.3) is 0 Å². The first-order valence-electron chi connectivity index (χ1n) is 10.6. The van der Waals surface area contributed by atoms with Gasteiger partial charge in [-0.05, 0) is 86.0 Å². The molecule has 0 saturated carbocycles. The molecule has 0 amide bonds. The van der Waals surface area contributed by atoms with Crippen LogP contribution in [0.25, 0.3) is 16.6 Å². The first kappa shape index (κ1) is 22.2. The van der Waals surface area contributed by atoms with Crippen molar-refractivity contribution in [1.29, 1.82) is 0 Å². The van der Waals surface area contributed by atoms with Crippen LogP contribution < -0.4 is 0 Å². The lowest BCUT2D eigenvalue weighted by atomic mass is 10.0. The van der Waals surface area contributed by atoms with Crippen molar-refractivity contribution in [3.8, 4) is 11.4 Å². The second-order valence-electron chi connectivity index (χ2n) is 7.91. The highest BCUT2D eigenvalue weighted by molar-refractivity contribution is 9.10. The van der Waals surface area contributed by atoms with E-state index >= 15 is 0 Å². The van der Waals surface area contributed by atoms with Crippen molar-refractivity contribution < 1.29 is 14.6 Å². The molecule has 1 saturated heterocycles. The van der Waals surface area contributed by atoms with E-state index in [1.165, 1.54) is 6.42 Å². The average molecular weight is 506 g/mol. The predicted molar refractivity (Wildman–Crippen MR) is 127 cm³/mol. The number of aromatic nitrogens is 1. The number of aromatic hydroxyl groups is 1. The van der Waals surface area contributed by atoms with Crippen LogP contribution in [0.5, 0.6) is 5.75 Å². The fourth-order valence-electron chi connectivity index (χ4n) is 4.48. The zero-order valence-corrected chi connectivity index (χ0v) is 20.1. The minimum absolute atomic E-state index is 0.178. The molecule has 1 N–H and O–H groups in total. The average Bonchev–Trinajstić information content (AvgIpc) is 3.04. The summed E-state index contributed by atoms with van der Waals surface area (Å²) in [5.41, 5.74) is 3.77. The van der Waals surface area contributed by atoms with Crippen LogP contribution in [-0.4, -0.2) is 40.2 Å². The van der Waals surface area contributed by atoms with Crippen molar-refractivity contribution in [2.45, 2.75) is 39.7 Å². The number of likely N-dealkylation sites (tertiary alicyclic amines) is 1. The van der Waals surface area contributed by atoms with Gasteiger partial charge in [0.05, 0.1) is 22.2 Å². The zero-order valence-electron chi connectivity index (χ0n) is 17.8. The van der Waals surface area contributed by atoms with Gasteiger partial charge in [-0.2, -0.15) is 0 Å². The number of rotatable bonds is 5. The predicted octanol–water partition coefficient (Wildman–Crippen LogP) is 6.22. The summed E-state index contributed by atoms with van der Waals surface area (Å²) in [5, 5.41) is 12.4. The molecule has 0 atom stereocenters. The number of halogens is 2. The molecule has 2 heterocycles. The van der Waals surface area contributed by atoms with Gasteiger partial charge in [-0.25, -0.2) is 4.79 Å². The van der Waals surface area contributed by atoms with E-state index in [0.717, 1.165) is 53.8 Å². The van der Waals surface area contributed by atoms with Crippen LogP contribution in [0.15, 0.2) is 34.8 Å². The first-order chi connectivity index (χ1) is 14.9. The highest BCUT2D eigenvalue weighted by Crippen LogP contribution is 2.41. The number of hydrogen-bond acceptors (Lipinski definition) is 4. The van der Waals surface area contributed by atoms with E-state index in [1.807, 2.05) is 41.8 Å². The molecule has 31 heavy (non-hydrogen) atoms. The number of esters is 1. The van der Waals surface area contributed by atoms with E-state index in [0.29, 0.717) is 21.6 Å². The van der Waals surface area contributed by atoms with E-state index in [2.05, 4.69) is 20.8 Å². The zero-order chi connectivity index (χ0) is 22.1. The maximum atomic E-state index is 13.1. The van der Waals surface area contributed by atoms with Gasteiger partial charge in [0, 0.05) is 33.9 Å². The first-order valence-corrected chi connectivity index (χ1v) is 11.8. The molecule has 5 nitrogen and oxygen atoms in total. The van der Waals surface area contributed by atoms with Gasteiger partial charge in [0.1, 0.15) is 5.75 Å². The van der Waals surface area contributed by atoms with Crippen LogP contribution in [0.2, 0.25) is 5.02 Å². The minimum atomic E-state index is -0.376. The third kappa shape index (κ3) is 4.21. The quantitative estimate of drug-likeness (QED) is 0.418. The smallest absolute Gasteiger partial charge is 0.340 e. The fourth-order valence-corrected chi connectivity index (χ4v) is 5.06. The summed E-state index contributed by atoms with van der Waals surface area (Å²) in [6, 6.07) is 9.38. The number of fused-ring (bicyclic) bond motifs is 1. The number of phenols is 1. The summed E-state index contributed by atoms with van der Waals surface area (Å²) in [4.78, 5) is 15.4. The Balaban J connectivity index is 2.00. The van der Waals surface area contributed by atoms with E-state index < -0.39 is 0 Å². The second kappa shape index (κ2) is 9.23. The molecule has 1 aromatic heterocycles. The SMILES string of the molecule is CCOC(=O)c1c(C)n(-c2ccc(Cl)cc2)c2cc(Br)c(O)c(CN3CCCCC3)c12. The lowest BCUT2D eigenvalue weighted by molar-refractivity contribution is 0.0527. The summed E-state index contributed by atoms with van der Waals surface area (Å²) in [5.74, 6) is -0.198. The molecule has 164 valence electrons. The molecule has 0 bridgehead atoms. The van der Waals surface area contributed by atoms with Gasteiger partial charge in [-0.15, -0.1) is 0 Å². The number of phenolic OH excluding ortho intramolecular Hbond substituents is 1. The number of carbonyl (C=O) groups excluding carboxylic acids is 1. The molecule has 0 aliphatic carbocycles. The molecule has 7 heteroatoms. The molecule has 1 aliphatic rings. The maximum Gasteiger partial charge on any atom is 0.340 e. The largest absolute Gasteiger partial charge is 0.506 e. The summed E-state index contributed by atoms with van der Waals surface area (Å²) in [6.45, 7) is 6.55. The molecular weight excluding hydrogens is 480 g/mol. The standard InChI is InChI=1S/C24H26BrClN2O3/c1-3-31-24(30)21-15(2)28(17-9-7-16(26)8-10-17)20-13-19(25)23(29)18(22(20)21)14-27-11-5-4-6-12-27/h7-10,13,29H,3-6,11-12,14H2,1-2H3. The van der Waals surface area contributed by atoms with E-state index in [-0.39, 0.29) is 18.3 Å². The minimum Gasteiger partial charge on any atom is -0.506 e. The van der Waals surface area contributed by atoms with Gasteiger partial charge in [0.15, 0.2) is 0 Å². The normalized spacial score (nSPS) is 14.8. The molecule has 3 aromatic rings. The van der Waals surface area contributed by atoms with Crippen LogP contribution in [0.1, 0.15) is 47.8 Å². The topological polar surface area (TPSA) is 54.7 Å². The Morgan fingerprint density at radius 2 is 1.87 bits per heavy atom. The van der Waals surface area contributed by atoms with Crippen molar-refractivity contribution in [1.82, 2.24) is 9.47 Å². The van der Waals surface area contributed by atoms with E-state index in [9.17, 15) is 9.90 Å². The fraction of sp³-hybridized carbons (Fsp3) is 0.375. The Bertz CT molecular complexity index is 1120. The maximum absolute atomic E-state index is 13.1. The number of hydrogen-bond donors (Lipinski definition) is 1. The van der Waals surface area contributed by atoms with Crippen LogP contribution in [0.3, 0.4) is 0 Å². The molecule has 0 unspecified atom stereocenters. The second-order valence-corrected chi connectivity index (χ2v) is 9.20. The number of nitrogens with zero attached hydrogens (tertiary/aromatic N) is 2. The molecule has 4 rings (SSSR count). The van der Waals surface area contributed by atoms with Crippen molar-refractivity contribution in [3.05, 3.63) is 56.6 Å². The van der Waals surface area contributed by atoms with Gasteiger partial charge in [-0.3, -0.25) is 4.90 Å². The van der Waals surface area contributed by atoms with Gasteiger partial charge in [0.2, 0.25) is 0 Å². The Morgan fingerprint density at radius 3 is 2.52 bits per heavy atom. The highest BCUT2D eigenvalue weighted by Gasteiger charge is 2.28. The third-order valence-corrected chi connectivity index (χ3v) is 6.77. The molecule has 0 spiro atoms. The van der Waals surface area contributed by atoms with Crippen LogP contribution in [-0.2, 0) is 11.3 Å². The highest BCUT2D eigenvalue weighted by atomic mass is 79.9. The van der Waals surface area contributed by atoms with Gasteiger partial charge < -0.3 is 14.4 Å². The molecular formula is C24H26BrClN2O3. The van der Waals surface area contributed by atoms with Crippen molar-refractivity contribution >= 4 is 44.4 Å². The summed E-state index contributed by atoms with van der Waals surface area (Å²) in [7, 11) is 0. The summed E-state index contributed by atoms with van der Waals surface area (Å²) >= 11 is 9.64. The van der Waals surface area contributed by atoms with Crippen molar-refractivity contribution in [3.63, 3.8) is 0 Å². The summed E-state index contributed by atoms with van der Waals surface area (Å²) < 4.78 is 8.06. The van der Waals surface area contributed by atoms with Crippen LogP contribution in [0, 0.1) is 6.92 Å². The lowest BCUT2D eigenvalue weighted by Crippen LogP contribution is -2.29. The lowest BCUT2D eigenvalue weighted by Gasteiger charge is -2.27. The van der Waals surface area contributed by atoms with Crippen molar-refractivity contribution in [2.75, 3.05) is 19.7 Å². The Hall–Kier alpha value is -2.02. The number of carbonyl (C=O) groups is 1. The number of ether oxygens (including phenoxy) is 1. The van der Waals surface area contributed by atoms with E-state index in [4.69, 9.17) is 16.3 Å². The van der Waals surface area contributed by atoms with Crippen molar-refractivity contribution in [2.24, 2.45) is 0 Å². The third-order valence-electron chi connectivity index (χ3n) is 5.92.